The van der Waals surface area contributed by atoms with Gasteiger partial charge in [0.2, 0.25) is 0 Å². The van der Waals surface area contributed by atoms with Gasteiger partial charge in [0.15, 0.2) is 0 Å². The molecule has 2 aliphatic carbocycles. The molecule has 1 nitrogen and oxygen atoms in total. The summed E-state index contributed by atoms with van der Waals surface area (Å²) in [5.74, 6) is 0.575. The predicted molar refractivity (Wildman–Crippen MR) is 67.5 cm³/mol. The van der Waals surface area contributed by atoms with Crippen LogP contribution in [0.2, 0.25) is 0 Å². The Morgan fingerprint density at radius 1 is 1.12 bits per heavy atom. The van der Waals surface area contributed by atoms with Crippen LogP contribution < -0.4 is 5.32 Å². The van der Waals surface area contributed by atoms with Gasteiger partial charge in [-0.2, -0.15) is 0 Å². The van der Waals surface area contributed by atoms with Gasteiger partial charge in [0.05, 0.1) is 0 Å². The smallest absolute Gasteiger partial charge is 0.123 e. The van der Waals surface area contributed by atoms with Crippen molar-refractivity contribution in [3.8, 4) is 0 Å². The van der Waals surface area contributed by atoms with Gasteiger partial charge in [0.1, 0.15) is 5.82 Å². The zero-order chi connectivity index (χ0) is 11.7. The zero-order valence-corrected chi connectivity index (χ0v) is 10.2. The maximum absolute atomic E-state index is 13.3. The first-order valence-electron chi connectivity index (χ1n) is 6.84. The van der Waals surface area contributed by atoms with Crippen LogP contribution in [0.5, 0.6) is 0 Å². The molecule has 17 heavy (non-hydrogen) atoms. The van der Waals surface area contributed by atoms with Crippen LogP contribution in [0.1, 0.15) is 55.6 Å². The Kier molecular flexibility index (Phi) is 3.15. The molecular weight excluding hydrogens is 213 g/mol. The highest BCUT2D eigenvalue weighted by Crippen LogP contribution is 2.36. The van der Waals surface area contributed by atoms with E-state index in [9.17, 15) is 4.39 Å². The molecule has 1 N–H and O–H groups in total. The molecule has 0 unspecified atom stereocenters. The molecule has 0 amide bonds. The number of hydrogen-bond acceptors (Lipinski definition) is 1. The average molecular weight is 233 g/mol. The third-order valence-corrected chi connectivity index (χ3v) is 4.06. The van der Waals surface area contributed by atoms with Crippen LogP contribution >= 0.6 is 0 Å². The van der Waals surface area contributed by atoms with Crippen molar-refractivity contribution in [2.75, 3.05) is 0 Å². The van der Waals surface area contributed by atoms with Gasteiger partial charge in [-0.05, 0) is 54.9 Å². The molecule has 0 atom stereocenters. The van der Waals surface area contributed by atoms with E-state index in [0.717, 1.165) is 6.54 Å². The van der Waals surface area contributed by atoms with E-state index in [-0.39, 0.29) is 5.82 Å². The fraction of sp³-hybridized carbons (Fsp3) is 0.600. The van der Waals surface area contributed by atoms with Crippen molar-refractivity contribution >= 4 is 0 Å². The zero-order valence-electron chi connectivity index (χ0n) is 10.2. The van der Waals surface area contributed by atoms with Gasteiger partial charge in [-0.1, -0.05) is 18.9 Å². The van der Waals surface area contributed by atoms with E-state index in [1.54, 1.807) is 12.1 Å². The molecule has 92 valence electrons. The Bertz CT molecular complexity index is 392. The quantitative estimate of drug-likeness (QED) is 0.835. The molecule has 2 fully saturated rings. The fourth-order valence-corrected chi connectivity index (χ4v) is 2.90. The first-order chi connectivity index (χ1) is 8.33. The molecule has 0 bridgehead atoms. The third kappa shape index (κ3) is 2.68. The standard InChI is InChI=1S/C15H20FN/c16-13-5-8-15(11-3-1-2-4-11)12(9-13)10-17-14-6-7-14/h5,8-9,11,14,17H,1-4,6-7,10H2. The van der Waals surface area contributed by atoms with E-state index in [0.29, 0.717) is 12.0 Å². The Morgan fingerprint density at radius 2 is 1.88 bits per heavy atom. The summed E-state index contributed by atoms with van der Waals surface area (Å²) in [5, 5.41) is 3.50. The molecule has 0 aliphatic heterocycles. The van der Waals surface area contributed by atoms with Crippen LogP contribution in [-0.2, 0) is 6.54 Å². The van der Waals surface area contributed by atoms with Crippen molar-refractivity contribution in [3.63, 3.8) is 0 Å². The summed E-state index contributed by atoms with van der Waals surface area (Å²) < 4.78 is 13.3. The molecule has 3 rings (SSSR count). The molecule has 2 saturated carbocycles. The normalized spacial score (nSPS) is 21.0. The SMILES string of the molecule is Fc1ccc(C2CCCC2)c(CNC2CC2)c1. The minimum Gasteiger partial charge on any atom is -0.310 e. The number of benzene rings is 1. The summed E-state index contributed by atoms with van der Waals surface area (Å²) >= 11 is 0. The van der Waals surface area contributed by atoms with E-state index >= 15 is 0 Å². The van der Waals surface area contributed by atoms with Gasteiger partial charge in [-0.15, -0.1) is 0 Å². The molecule has 2 aliphatic rings. The minimum atomic E-state index is -0.0978. The van der Waals surface area contributed by atoms with E-state index in [2.05, 4.69) is 5.32 Å². The summed E-state index contributed by atoms with van der Waals surface area (Å²) in [4.78, 5) is 0. The molecule has 0 saturated heterocycles. The molecule has 2 heteroatoms. The van der Waals surface area contributed by atoms with Gasteiger partial charge in [0, 0.05) is 12.6 Å². The first-order valence-corrected chi connectivity index (χ1v) is 6.84. The predicted octanol–water partition coefficient (Wildman–Crippen LogP) is 3.74. The monoisotopic (exact) mass is 233 g/mol. The van der Waals surface area contributed by atoms with Crippen LogP contribution in [0, 0.1) is 5.82 Å². The van der Waals surface area contributed by atoms with Crippen molar-refractivity contribution in [1.29, 1.82) is 0 Å². The topological polar surface area (TPSA) is 12.0 Å². The number of rotatable bonds is 4. The summed E-state index contributed by atoms with van der Waals surface area (Å²) in [6.07, 6.45) is 7.79. The van der Waals surface area contributed by atoms with E-state index < -0.39 is 0 Å². The van der Waals surface area contributed by atoms with Crippen molar-refractivity contribution in [2.24, 2.45) is 0 Å². The molecule has 0 spiro atoms. The summed E-state index contributed by atoms with van der Waals surface area (Å²) in [6.45, 7) is 0.842. The second-order valence-corrected chi connectivity index (χ2v) is 5.48. The second-order valence-electron chi connectivity index (χ2n) is 5.48. The van der Waals surface area contributed by atoms with Crippen LogP contribution in [0.3, 0.4) is 0 Å². The lowest BCUT2D eigenvalue weighted by atomic mass is 9.92. The Hall–Kier alpha value is -0.890. The molecule has 1 aromatic rings. The van der Waals surface area contributed by atoms with Gasteiger partial charge in [-0.25, -0.2) is 4.39 Å². The number of halogens is 1. The lowest BCUT2D eigenvalue weighted by Crippen LogP contribution is -2.17. The van der Waals surface area contributed by atoms with Crippen molar-refractivity contribution in [1.82, 2.24) is 5.32 Å². The number of hydrogen-bond donors (Lipinski definition) is 1. The Balaban J connectivity index is 1.78. The van der Waals surface area contributed by atoms with Crippen molar-refractivity contribution in [3.05, 3.63) is 35.1 Å². The largest absolute Gasteiger partial charge is 0.310 e. The second kappa shape index (κ2) is 4.77. The van der Waals surface area contributed by atoms with Gasteiger partial charge < -0.3 is 5.32 Å². The van der Waals surface area contributed by atoms with Crippen LogP contribution in [0.4, 0.5) is 4.39 Å². The van der Waals surface area contributed by atoms with E-state index in [4.69, 9.17) is 0 Å². The lowest BCUT2D eigenvalue weighted by Gasteiger charge is -2.16. The number of nitrogens with one attached hydrogen (secondary N) is 1. The summed E-state index contributed by atoms with van der Waals surface area (Å²) in [7, 11) is 0. The maximum atomic E-state index is 13.3. The minimum absolute atomic E-state index is 0.0978. The Labute approximate surface area is 102 Å². The average Bonchev–Trinajstić information content (AvgIpc) is 3.00. The maximum Gasteiger partial charge on any atom is 0.123 e. The van der Waals surface area contributed by atoms with E-state index in [1.165, 1.54) is 49.7 Å². The van der Waals surface area contributed by atoms with Gasteiger partial charge in [-0.3, -0.25) is 0 Å². The summed E-state index contributed by atoms with van der Waals surface area (Å²) in [6, 6.07) is 6.04. The molecule has 0 heterocycles. The lowest BCUT2D eigenvalue weighted by molar-refractivity contribution is 0.610. The summed E-state index contributed by atoms with van der Waals surface area (Å²) in [5.41, 5.74) is 2.57. The highest BCUT2D eigenvalue weighted by Gasteiger charge is 2.23. The van der Waals surface area contributed by atoms with Crippen molar-refractivity contribution in [2.45, 2.75) is 57.0 Å². The fourth-order valence-electron chi connectivity index (χ4n) is 2.90. The van der Waals surface area contributed by atoms with Crippen LogP contribution in [0.25, 0.3) is 0 Å². The highest BCUT2D eigenvalue weighted by atomic mass is 19.1. The third-order valence-electron chi connectivity index (χ3n) is 4.06. The van der Waals surface area contributed by atoms with Gasteiger partial charge in [0.25, 0.3) is 0 Å². The molecule has 0 radical (unpaired) electrons. The first kappa shape index (κ1) is 11.2. The van der Waals surface area contributed by atoms with Gasteiger partial charge >= 0.3 is 0 Å². The molecule has 0 aromatic heterocycles. The van der Waals surface area contributed by atoms with Crippen LogP contribution in [-0.4, -0.2) is 6.04 Å². The van der Waals surface area contributed by atoms with E-state index in [1.807, 2.05) is 6.07 Å². The Morgan fingerprint density at radius 3 is 2.59 bits per heavy atom. The molecule has 1 aromatic carbocycles. The molecular formula is C15H20FN. The highest BCUT2D eigenvalue weighted by molar-refractivity contribution is 5.31. The van der Waals surface area contributed by atoms with Crippen LogP contribution in [0.15, 0.2) is 18.2 Å². The van der Waals surface area contributed by atoms with Crippen molar-refractivity contribution < 1.29 is 4.39 Å².